The number of hydrogen-bond acceptors (Lipinski definition) is 2. The fraction of sp³-hybridized carbons (Fsp3) is 0.0638. The normalized spacial score (nSPS) is 13.2. The number of nitrogens with zero attached hydrogens (tertiary/aromatic N) is 3. The molecule has 2 heterocycles. The second kappa shape index (κ2) is 10.8. The van der Waals surface area contributed by atoms with E-state index in [-0.39, 0.29) is 5.41 Å². The summed E-state index contributed by atoms with van der Waals surface area (Å²) >= 11 is 0. The minimum atomic E-state index is -0.111. The van der Waals surface area contributed by atoms with E-state index in [2.05, 4.69) is 182 Å². The Balaban J connectivity index is 1.17. The third-order valence-electron chi connectivity index (χ3n) is 10.6. The van der Waals surface area contributed by atoms with Crippen LogP contribution in [-0.4, -0.2) is 14.5 Å². The molecule has 7 aromatic carbocycles. The van der Waals surface area contributed by atoms with E-state index in [1.165, 1.54) is 44.1 Å². The van der Waals surface area contributed by atoms with Crippen molar-refractivity contribution in [2.45, 2.75) is 19.3 Å². The van der Waals surface area contributed by atoms with E-state index in [1.807, 2.05) is 0 Å². The summed E-state index contributed by atoms with van der Waals surface area (Å²) in [6, 6.07) is 58.7. The lowest BCUT2D eigenvalue weighted by Gasteiger charge is -2.21. The zero-order valence-corrected chi connectivity index (χ0v) is 27.9. The molecule has 0 radical (unpaired) electrons. The summed E-state index contributed by atoms with van der Waals surface area (Å²) in [7, 11) is 0. The Labute approximate surface area is 291 Å². The summed E-state index contributed by atoms with van der Waals surface area (Å²) in [5, 5.41) is 3.55. The highest BCUT2D eigenvalue weighted by Crippen LogP contribution is 2.51. The molecule has 0 saturated heterocycles. The predicted octanol–water partition coefficient (Wildman–Crippen LogP) is 12.0. The standard InChI is InChI=1S/C47H33N3/c1-47(2)39-22-11-9-21-36(39)43-40(47)26-25-37-44(30-14-5-3-6-15-30)48-46(49-45(37)43)33-17-13-16-31(28-33)32-24-27-42-38(29-32)35-20-10-12-23-41(35)50(42)34-18-7-4-8-19-34/h3-29H,1-2H3. The van der Waals surface area contributed by atoms with E-state index in [4.69, 9.17) is 9.97 Å². The molecule has 0 amide bonds. The lowest BCUT2D eigenvalue weighted by molar-refractivity contribution is 0.661. The van der Waals surface area contributed by atoms with Crippen molar-refractivity contribution in [1.29, 1.82) is 0 Å². The van der Waals surface area contributed by atoms with Gasteiger partial charge in [-0.05, 0) is 64.2 Å². The highest BCUT2D eigenvalue weighted by atomic mass is 15.0. The van der Waals surface area contributed by atoms with Gasteiger partial charge in [0.2, 0.25) is 0 Å². The first-order chi connectivity index (χ1) is 24.6. The van der Waals surface area contributed by atoms with Gasteiger partial charge >= 0.3 is 0 Å². The number of benzene rings is 7. The molecule has 0 unspecified atom stereocenters. The molecular formula is C47H33N3. The molecule has 0 atom stereocenters. The topological polar surface area (TPSA) is 30.7 Å². The highest BCUT2D eigenvalue weighted by Gasteiger charge is 2.37. The van der Waals surface area contributed by atoms with Crippen molar-refractivity contribution < 1.29 is 0 Å². The monoisotopic (exact) mass is 639 g/mol. The van der Waals surface area contributed by atoms with Crippen LogP contribution in [0.1, 0.15) is 25.0 Å². The molecule has 0 bridgehead atoms. The van der Waals surface area contributed by atoms with E-state index in [1.54, 1.807) is 0 Å². The molecule has 1 aliphatic rings. The molecule has 0 saturated carbocycles. The van der Waals surface area contributed by atoms with Crippen LogP contribution in [0.25, 0.3) is 83.3 Å². The van der Waals surface area contributed by atoms with Gasteiger partial charge in [0.25, 0.3) is 0 Å². The van der Waals surface area contributed by atoms with Gasteiger partial charge in [-0.2, -0.15) is 0 Å². The Morgan fingerprint density at radius 2 is 1.14 bits per heavy atom. The van der Waals surface area contributed by atoms with E-state index in [9.17, 15) is 0 Å². The lowest BCUT2D eigenvalue weighted by atomic mass is 9.82. The van der Waals surface area contributed by atoms with Gasteiger partial charge in [-0.25, -0.2) is 9.97 Å². The fourth-order valence-electron chi connectivity index (χ4n) is 8.17. The van der Waals surface area contributed by atoms with Gasteiger partial charge in [0.05, 0.1) is 22.2 Å². The second-order valence-electron chi connectivity index (χ2n) is 13.8. The lowest BCUT2D eigenvalue weighted by Crippen LogP contribution is -2.14. The van der Waals surface area contributed by atoms with Crippen molar-refractivity contribution >= 4 is 32.7 Å². The van der Waals surface area contributed by atoms with Crippen LogP contribution < -0.4 is 0 Å². The maximum Gasteiger partial charge on any atom is 0.160 e. The number of aromatic nitrogens is 3. The van der Waals surface area contributed by atoms with Crippen LogP contribution in [-0.2, 0) is 5.41 Å². The van der Waals surface area contributed by atoms with Crippen molar-refractivity contribution in [2.75, 3.05) is 0 Å². The average Bonchev–Trinajstić information content (AvgIpc) is 3.63. The third kappa shape index (κ3) is 4.23. The van der Waals surface area contributed by atoms with Crippen molar-refractivity contribution in [3.8, 4) is 50.6 Å². The SMILES string of the molecule is CC1(C)c2ccccc2-c2c1ccc1c(-c3ccccc3)nc(-c3cccc(-c4ccc5c(c4)c4ccccc4n5-c4ccccc4)c3)nc21. The first kappa shape index (κ1) is 28.7. The van der Waals surface area contributed by atoms with E-state index in [0.717, 1.165) is 50.4 Å². The molecule has 2 aromatic heterocycles. The summed E-state index contributed by atoms with van der Waals surface area (Å²) in [6.45, 7) is 4.64. The van der Waals surface area contributed by atoms with Crippen LogP contribution >= 0.6 is 0 Å². The molecule has 0 N–H and O–H groups in total. The molecule has 50 heavy (non-hydrogen) atoms. The molecule has 3 nitrogen and oxygen atoms in total. The Hall–Kier alpha value is -6.32. The average molecular weight is 640 g/mol. The first-order valence-corrected chi connectivity index (χ1v) is 17.3. The zero-order chi connectivity index (χ0) is 33.4. The van der Waals surface area contributed by atoms with Gasteiger partial charge in [0.1, 0.15) is 0 Å². The first-order valence-electron chi connectivity index (χ1n) is 17.3. The van der Waals surface area contributed by atoms with Gasteiger partial charge in [-0.3, -0.25) is 0 Å². The van der Waals surface area contributed by atoms with Crippen molar-refractivity contribution in [3.05, 3.63) is 175 Å². The number of para-hydroxylation sites is 2. The molecular weight excluding hydrogens is 607 g/mol. The molecule has 236 valence electrons. The van der Waals surface area contributed by atoms with Crippen LogP contribution in [0.5, 0.6) is 0 Å². The highest BCUT2D eigenvalue weighted by molar-refractivity contribution is 6.10. The third-order valence-corrected chi connectivity index (χ3v) is 10.6. The van der Waals surface area contributed by atoms with Crippen LogP contribution in [0.4, 0.5) is 0 Å². The zero-order valence-electron chi connectivity index (χ0n) is 27.9. The molecule has 9 aromatic rings. The van der Waals surface area contributed by atoms with Crippen molar-refractivity contribution in [2.24, 2.45) is 0 Å². The number of fused-ring (bicyclic) bond motifs is 8. The van der Waals surface area contributed by atoms with Crippen LogP contribution in [0.2, 0.25) is 0 Å². The fourth-order valence-corrected chi connectivity index (χ4v) is 8.17. The molecule has 0 aliphatic heterocycles. The van der Waals surface area contributed by atoms with Crippen LogP contribution in [0, 0.1) is 0 Å². The number of hydrogen-bond donors (Lipinski definition) is 0. The molecule has 0 spiro atoms. The minimum Gasteiger partial charge on any atom is -0.309 e. The quantitative estimate of drug-likeness (QED) is 0.192. The summed E-state index contributed by atoms with van der Waals surface area (Å²) in [6.07, 6.45) is 0. The van der Waals surface area contributed by atoms with Gasteiger partial charge < -0.3 is 4.57 Å². The summed E-state index contributed by atoms with van der Waals surface area (Å²) < 4.78 is 2.36. The van der Waals surface area contributed by atoms with Gasteiger partial charge in [-0.1, -0.05) is 141 Å². The maximum atomic E-state index is 5.42. The van der Waals surface area contributed by atoms with Crippen LogP contribution in [0.15, 0.2) is 164 Å². The Morgan fingerprint density at radius 3 is 2.00 bits per heavy atom. The Kier molecular flexibility index (Phi) is 6.22. The largest absolute Gasteiger partial charge is 0.309 e. The maximum absolute atomic E-state index is 5.42. The Bertz CT molecular complexity index is 2770. The smallest absolute Gasteiger partial charge is 0.160 e. The molecule has 1 aliphatic carbocycles. The number of rotatable bonds is 4. The van der Waals surface area contributed by atoms with E-state index < -0.39 is 0 Å². The van der Waals surface area contributed by atoms with Crippen molar-refractivity contribution in [1.82, 2.24) is 14.5 Å². The summed E-state index contributed by atoms with van der Waals surface area (Å²) in [5.41, 5.74) is 14.9. The molecule has 10 rings (SSSR count). The van der Waals surface area contributed by atoms with Gasteiger partial charge in [0, 0.05) is 44.0 Å². The summed E-state index contributed by atoms with van der Waals surface area (Å²) in [4.78, 5) is 10.7. The summed E-state index contributed by atoms with van der Waals surface area (Å²) in [5.74, 6) is 0.732. The minimum absolute atomic E-state index is 0.111. The van der Waals surface area contributed by atoms with E-state index in [0.29, 0.717) is 0 Å². The van der Waals surface area contributed by atoms with Crippen molar-refractivity contribution in [3.63, 3.8) is 0 Å². The molecule has 0 fully saturated rings. The second-order valence-corrected chi connectivity index (χ2v) is 13.8. The van der Waals surface area contributed by atoms with Crippen LogP contribution in [0.3, 0.4) is 0 Å². The van der Waals surface area contributed by atoms with Gasteiger partial charge in [-0.15, -0.1) is 0 Å². The van der Waals surface area contributed by atoms with E-state index >= 15 is 0 Å². The molecule has 3 heteroatoms. The Morgan fingerprint density at radius 1 is 0.460 bits per heavy atom. The van der Waals surface area contributed by atoms with Gasteiger partial charge in [0.15, 0.2) is 5.82 Å². The predicted molar refractivity (Wildman–Crippen MR) is 208 cm³/mol.